The zero-order chi connectivity index (χ0) is 18.4. The predicted octanol–water partition coefficient (Wildman–Crippen LogP) is 1.73. The molecular formula is C16H17N3O5S. The molecule has 132 valence electrons. The van der Waals surface area contributed by atoms with Crippen molar-refractivity contribution in [2.24, 2.45) is 0 Å². The van der Waals surface area contributed by atoms with Crippen molar-refractivity contribution < 1.29 is 17.7 Å². The van der Waals surface area contributed by atoms with E-state index in [0.29, 0.717) is 28.3 Å². The van der Waals surface area contributed by atoms with E-state index < -0.39 is 15.9 Å². The monoisotopic (exact) mass is 363 g/mol. The summed E-state index contributed by atoms with van der Waals surface area (Å²) in [5.74, 6) is 0.301. The minimum Gasteiger partial charge on any atom is -0.497 e. The summed E-state index contributed by atoms with van der Waals surface area (Å²) in [7, 11) is -2.77. The summed E-state index contributed by atoms with van der Waals surface area (Å²) in [6.07, 6.45) is 1.50. The van der Waals surface area contributed by atoms with Gasteiger partial charge in [0.2, 0.25) is 5.95 Å². The largest absolute Gasteiger partial charge is 0.497 e. The predicted molar refractivity (Wildman–Crippen MR) is 93.0 cm³/mol. The van der Waals surface area contributed by atoms with Crippen molar-refractivity contribution in [1.82, 2.24) is 14.5 Å². The smallest absolute Gasteiger partial charge is 0.270 e. The molecule has 8 nitrogen and oxygen atoms in total. The molecule has 0 atom stereocenters. The Labute approximate surface area is 143 Å². The van der Waals surface area contributed by atoms with Crippen molar-refractivity contribution in [1.29, 1.82) is 0 Å². The van der Waals surface area contributed by atoms with E-state index in [1.54, 1.807) is 32.2 Å². The van der Waals surface area contributed by atoms with E-state index in [1.807, 2.05) is 0 Å². The second-order valence-corrected chi connectivity index (χ2v) is 7.21. The summed E-state index contributed by atoms with van der Waals surface area (Å²) in [4.78, 5) is 19.7. The molecule has 2 aromatic heterocycles. The number of pyridine rings is 1. The third-order valence-corrected chi connectivity index (χ3v) is 4.61. The van der Waals surface area contributed by atoms with E-state index in [9.17, 15) is 17.8 Å². The van der Waals surface area contributed by atoms with Gasteiger partial charge in [0, 0.05) is 29.1 Å². The summed E-state index contributed by atoms with van der Waals surface area (Å²) < 4.78 is 38.7. The van der Waals surface area contributed by atoms with Crippen LogP contribution in [0.1, 0.15) is 16.8 Å². The molecule has 0 aliphatic heterocycles. The summed E-state index contributed by atoms with van der Waals surface area (Å²) in [6.45, 7) is 3.16. The summed E-state index contributed by atoms with van der Waals surface area (Å²) in [6, 6.07) is 5.28. The SMILES string of the molecule is COc1ccc2nc(-n3cc(C)c(=O)c(C)c3CS(=O)(=O)O)[nH]c2c1. The molecule has 0 amide bonds. The second kappa shape index (κ2) is 6.01. The van der Waals surface area contributed by atoms with Gasteiger partial charge in [0.15, 0.2) is 5.43 Å². The molecule has 0 aliphatic carbocycles. The lowest BCUT2D eigenvalue weighted by molar-refractivity contribution is 0.415. The fourth-order valence-corrected chi connectivity index (χ4v) is 3.39. The molecule has 9 heteroatoms. The Kier molecular flexibility index (Phi) is 4.13. The molecule has 0 saturated carbocycles. The Morgan fingerprint density at radius 2 is 2.04 bits per heavy atom. The topological polar surface area (TPSA) is 114 Å². The number of hydrogen-bond donors (Lipinski definition) is 2. The van der Waals surface area contributed by atoms with E-state index >= 15 is 0 Å². The highest BCUT2D eigenvalue weighted by molar-refractivity contribution is 7.85. The standard InChI is InChI=1S/C16H17N3O5S/c1-9-7-19(14(8-25(21,22)23)10(2)15(9)20)16-17-12-5-4-11(24-3)6-13(12)18-16/h4-7H,8H2,1-3H3,(H,17,18)(H,21,22,23). The quantitative estimate of drug-likeness (QED) is 0.682. The third-order valence-electron chi connectivity index (χ3n) is 3.97. The number of methoxy groups -OCH3 is 1. The lowest BCUT2D eigenvalue weighted by Crippen LogP contribution is -2.21. The molecule has 3 rings (SSSR count). The van der Waals surface area contributed by atoms with Crippen LogP contribution >= 0.6 is 0 Å². The first-order valence-corrected chi connectivity index (χ1v) is 9.01. The summed E-state index contributed by atoms with van der Waals surface area (Å²) in [5.41, 5.74) is 1.92. The van der Waals surface area contributed by atoms with Gasteiger partial charge in [-0.1, -0.05) is 0 Å². The maximum Gasteiger partial charge on any atom is 0.270 e. The van der Waals surface area contributed by atoms with Crippen LogP contribution in [0.15, 0.2) is 29.2 Å². The molecule has 0 aliphatic rings. The van der Waals surface area contributed by atoms with Crippen LogP contribution in [0.3, 0.4) is 0 Å². The van der Waals surface area contributed by atoms with Gasteiger partial charge in [-0.2, -0.15) is 8.42 Å². The van der Waals surface area contributed by atoms with Crippen molar-refractivity contribution in [3.8, 4) is 11.7 Å². The van der Waals surface area contributed by atoms with E-state index in [2.05, 4.69) is 9.97 Å². The Hall–Kier alpha value is -2.65. The summed E-state index contributed by atoms with van der Waals surface area (Å²) >= 11 is 0. The van der Waals surface area contributed by atoms with Crippen LogP contribution in [-0.2, 0) is 15.9 Å². The number of H-pyrrole nitrogens is 1. The zero-order valence-corrected chi connectivity index (χ0v) is 14.7. The average molecular weight is 363 g/mol. The maximum absolute atomic E-state index is 12.2. The number of aromatic nitrogens is 3. The molecule has 0 spiro atoms. The van der Waals surface area contributed by atoms with Crippen molar-refractivity contribution in [2.75, 3.05) is 7.11 Å². The lowest BCUT2D eigenvalue weighted by Gasteiger charge is -2.13. The van der Waals surface area contributed by atoms with Gasteiger partial charge in [-0.15, -0.1) is 0 Å². The molecule has 0 unspecified atom stereocenters. The minimum atomic E-state index is -4.32. The molecule has 2 heterocycles. The van der Waals surface area contributed by atoms with Gasteiger partial charge < -0.3 is 9.72 Å². The number of benzene rings is 1. The first-order valence-electron chi connectivity index (χ1n) is 7.40. The highest BCUT2D eigenvalue weighted by atomic mass is 32.2. The van der Waals surface area contributed by atoms with Gasteiger partial charge in [-0.25, -0.2) is 4.98 Å². The van der Waals surface area contributed by atoms with Gasteiger partial charge in [0.25, 0.3) is 10.1 Å². The molecule has 0 fully saturated rings. The molecule has 25 heavy (non-hydrogen) atoms. The first kappa shape index (κ1) is 17.2. The van der Waals surface area contributed by atoms with Gasteiger partial charge >= 0.3 is 0 Å². The third kappa shape index (κ3) is 3.28. The van der Waals surface area contributed by atoms with Crippen LogP contribution in [0.4, 0.5) is 0 Å². The highest BCUT2D eigenvalue weighted by Crippen LogP contribution is 2.22. The van der Waals surface area contributed by atoms with E-state index in [-0.39, 0.29) is 16.7 Å². The Morgan fingerprint density at radius 1 is 1.32 bits per heavy atom. The van der Waals surface area contributed by atoms with Crippen LogP contribution in [0.5, 0.6) is 5.75 Å². The van der Waals surface area contributed by atoms with Gasteiger partial charge in [0.05, 0.1) is 18.1 Å². The number of ether oxygens (including phenoxy) is 1. The number of nitrogens with one attached hydrogen (secondary N) is 1. The van der Waals surface area contributed by atoms with Crippen molar-refractivity contribution >= 4 is 21.2 Å². The number of imidazole rings is 1. The van der Waals surface area contributed by atoms with Crippen molar-refractivity contribution in [3.05, 3.63) is 51.4 Å². The van der Waals surface area contributed by atoms with Crippen LogP contribution < -0.4 is 10.2 Å². The van der Waals surface area contributed by atoms with Crippen LogP contribution in [0.2, 0.25) is 0 Å². The fraction of sp³-hybridized carbons (Fsp3) is 0.250. The Morgan fingerprint density at radius 3 is 2.68 bits per heavy atom. The highest BCUT2D eigenvalue weighted by Gasteiger charge is 2.19. The van der Waals surface area contributed by atoms with Crippen molar-refractivity contribution in [2.45, 2.75) is 19.6 Å². The van der Waals surface area contributed by atoms with Crippen molar-refractivity contribution in [3.63, 3.8) is 0 Å². The maximum atomic E-state index is 12.2. The second-order valence-electron chi connectivity index (χ2n) is 5.75. The first-order chi connectivity index (χ1) is 11.7. The lowest BCUT2D eigenvalue weighted by atomic mass is 10.1. The zero-order valence-electron chi connectivity index (χ0n) is 13.9. The number of hydrogen-bond acceptors (Lipinski definition) is 5. The van der Waals surface area contributed by atoms with E-state index in [4.69, 9.17) is 4.74 Å². The molecule has 0 radical (unpaired) electrons. The average Bonchev–Trinajstić information content (AvgIpc) is 2.96. The van der Waals surface area contributed by atoms with E-state index in [0.717, 1.165) is 0 Å². The van der Waals surface area contributed by atoms with E-state index in [1.165, 1.54) is 17.7 Å². The molecule has 1 aromatic carbocycles. The molecule has 0 saturated heterocycles. The normalized spacial score (nSPS) is 11.8. The summed E-state index contributed by atoms with van der Waals surface area (Å²) in [5, 5.41) is 0. The minimum absolute atomic E-state index is 0.157. The Balaban J connectivity index is 2.27. The van der Waals surface area contributed by atoms with Gasteiger partial charge in [-0.05, 0) is 26.0 Å². The molecule has 2 N–H and O–H groups in total. The van der Waals surface area contributed by atoms with Crippen LogP contribution in [0, 0.1) is 13.8 Å². The number of aromatic amines is 1. The fourth-order valence-electron chi connectivity index (χ4n) is 2.69. The Bertz CT molecular complexity index is 1130. The van der Waals surface area contributed by atoms with Gasteiger partial charge in [-0.3, -0.25) is 13.9 Å². The molecule has 3 aromatic rings. The molecule has 0 bridgehead atoms. The molecular weight excluding hydrogens is 346 g/mol. The number of rotatable bonds is 4. The van der Waals surface area contributed by atoms with Crippen LogP contribution in [-0.4, -0.2) is 34.6 Å². The number of aryl methyl sites for hydroxylation is 1. The van der Waals surface area contributed by atoms with Gasteiger partial charge in [0.1, 0.15) is 11.5 Å². The number of nitrogens with zero attached hydrogens (tertiary/aromatic N) is 2. The number of fused-ring (bicyclic) bond motifs is 1. The van der Waals surface area contributed by atoms with Crippen LogP contribution in [0.25, 0.3) is 17.0 Å².